The van der Waals surface area contributed by atoms with Crippen molar-refractivity contribution in [1.29, 1.82) is 0 Å². The topological polar surface area (TPSA) is 49.6 Å². The summed E-state index contributed by atoms with van der Waals surface area (Å²) < 4.78 is 0. The van der Waals surface area contributed by atoms with Gasteiger partial charge in [-0.05, 0) is 32.4 Å². The van der Waals surface area contributed by atoms with E-state index in [1.54, 1.807) is 0 Å². The lowest BCUT2D eigenvalue weighted by Gasteiger charge is -2.38. The summed E-state index contributed by atoms with van der Waals surface area (Å²) in [7, 11) is 2.10. The Morgan fingerprint density at radius 1 is 1.35 bits per heavy atom. The molecule has 1 amide bonds. The standard InChI is InChI=1S/C16H25N3O/c1-13-12-19(11-10-18(13)2)16(20)15(17)9-8-14-6-4-3-5-7-14/h3-7,13,15H,8-12,17H2,1-2H3. The third-order valence-electron chi connectivity index (χ3n) is 4.18. The molecule has 4 nitrogen and oxygen atoms in total. The average Bonchev–Trinajstić information content (AvgIpc) is 2.48. The van der Waals surface area contributed by atoms with Gasteiger partial charge >= 0.3 is 0 Å². The van der Waals surface area contributed by atoms with Gasteiger partial charge in [0.15, 0.2) is 0 Å². The van der Waals surface area contributed by atoms with Gasteiger partial charge in [0.25, 0.3) is 0 Å². The van der Waals surface area contributed by atoms with Crippen molar-refractivity contribution in [1.82, 2.24) is 9.80 Å². The second kappa shape index (κ2) is 6.86. The Bertz CT molecular complexity index is 435. The summed E-state index contributed by atoms with van der Waals surface area (Å²) in [5, 5.41) is 0. The molecule has 110 valence electrons. The van der Waals surface area contributed by atoms with Crippen molar-refractivity contribution >= 4 is 5.91 Å². The zero-order valence-corrected chi connectivity index (χ0v) is 12.5. The number of carbonyl (C=O) groups excluding carboxylic acids is 1. The highest BCUT2D eigenvalue weighted by molar-refractivity contribution is 5.81. The van der Waals surface area contributed by atoms with E-state index >= 15 is 0 Å². The molecule has 20 heavy (non-hydrogen) atoms. The Balaban J connectivity index is 1.83. The SMILES string of the molecule is CC1CN(C(=O)C(N)CCc2ccccc2)CCN1C. The van der Waals surface area contributed by atoms with Crippen molar-refractivity contribution in [2.24, 2.45) is 5.73 Å². The molecule has 0 aliphatic carbocycles. The van der Waals surface area contributed by atoms with Gasteiger partial charge in [0.2, 0.25) is 5.91 Å². The molecule has 1 aliphatic rings. The van der Waals surface area contributed by atoms with Gasteiger partial charge < -0.3 is 15.5 Å². The minimum absolute atomic E-state index is 0.0980. The van der Waals surface area contributed by atoms with E-state index in [9.17, 15) is 4.79 Å². The van der Waals surface area contributed by atoms with Crippen molar-refractivity contribution in [3.8, 4) is 0 Å². The zero-order chi connectivity index (χ0) is 14.5. The predicted octanol–water partition coefficient (Wildman–Crippen LogP) is 1.11. The maximum absolute atomic E-state index is 12.4. The number of nitrogens with two attached hydrogens (primary N) is 1. The molecule has 1 aliphatic heterocycles. The van der Waals surface area contributed by atoms with Crippen LogP contribution in [0.2, 0.25) is 0 Å². The molecule has 0 saturated carbocycles. The predicted molar refractivity (Wildman–Crippen MR) is 81.4 cm³/mol. The van der Waals surface area contributed by atoms with Gasteiger partial charge in [0, 0.05) is 25.7 Å². The van der Waals surface area contributed by atoms with Crippen molar-refractivity contribution in [2.45, 2.75) is 31.8 Å². The highest BCUT2D eigenvalue weighted by atomic mass is 16.2. The molecule has 0 aromatic heterocycles. The molecule has 0 radical (unpaired) electrons. The van der Waals surface area contributed by atoms with Crippen LogP contribution >= 0.6 is 0 Å². The number of amides is 1. The molecule has 1 aromatic rings. The molecule has 2 N–H and O–H groups in total. The molecular formula is C16H25N3O. The molecular weight excluding hydrogens is 250 g/mol. The van der Waals surface area contributed by atoms with Crippen LogP contribution in [0.1, 0.15) is 18.9 Å². The number of piperazine rings is 1. The molecule has 1 saturated heterocycles. The number of hydrogen-bond acceptors (Lipinski definition) is 3. The third-order valence-corrected chi connectivity index (χ3v) is 4.18. The van der Waals surface area contributed by atoms with Crippen molar-refractivity contribution < 1.29 is 4.79 Å². The zero-order valence-electron chi connectivity index (χ0n) is 12.5. The Morgan fingerprint density at radius 2 is 2.05 bits per heavy atom. The molecule has 4 heteroatoms. The van der Waals surface area contributed by atoms with Crippen LogP contribution in [-0.4, -0.2) is 54.5 Å². The fourth-order valence-corrected chi connectivity index (χ4v) is 2.57. The lowest BCUT2D eigenvalue weighted by Crippen LogP contribution is -2.55. The summed E-state index contributed by atoms with van der Waals surface area (Å²) in [6.45, 7) is 4.65. The largest absolute Gasteiger partial charge is 0.339 e. The summed E-state index contributed by atoms with van der Waals surface area (Å²) in [6.07, 6.45) is 1.57. The van der Waals surface area contributed by atoms with E-state index in [-0.39, 0.29) is 11.9 Å². The normalized spacial score (nSPS) is 21.8. The van der Waals surface area contributed by atoms with Gasteiger partial charge in [0.05, 0.1) is 6.04 Å². The van der Waals surface area contributed by atoms with E-state index in [2.05, 4.69) is 31.0 Å². The summed E-state index contributed by atoms with van der Waals surface area (Å²) >= 11 is 0. The number of likely N-dealkylation sites (N-methyl/N-ethyl adjacent to an activating group) is 1. The number of carbonyl (C=O) groups is 1. The minimum Gasteiger partial charge on any atom is -0.339 e. The Labute approximate surface area is 121 Å². The second-order valence-electron chi connectivity index (χ2n) is 5.74. The molecule has 2 unspecified atom stereocenters. The maximum Gasteiger partial charge on any atom is 0.239 e. The van der Waals surface area contributed by atoms with Gasteiger partial charge in [-0.2, -0.15) is 0 Å². The maximum atomic E-state index is 12.4. The van der Waals surface area contributed by atoms with E-state index in [0.29, 0.717) is 12.5 Å². The van der Waals surface area contributed by atoms with Gasteiger partial charge in [-0.25, -0.2) is 0 Å². The summed E-state index contributed by atoms with van der Waals surface area (Å²) in [4.78, 5) is 16.5. The lowest BCUT2D eigenvalue weighted by molar-refractivity contribution is -0.135. The van der Waals surface area contributed by atoms with E-state index in [1.165, 1.54) is 5.56 Å². The van der Waals surface area contributed by atoms with Gasteiger partial charge in [0.1, 0.15) is 0 Å². The fourth-order valence-electron chi connectivity index (χ4n) is 2.57. The van der Waals surface area contributed by atoms with Crippen LogP contribution < -0.4 is 5.73 Å². The molecule has 2 rings (SSSR count). The first kappa shape index (κ1) is 15.0. The van der Waals surface area contributed by atoms with Crippen LogP contribution in [0.25, 0.3) is 0 Å². The molecule has 1 aromatic carbocycles. The molecule has 0 bridgehead atoms. The van der Waals surface area contributed by atoms with Crippen molar-refractivity contribution in [3.63, 3.8) is 0 Å². The molecule has 1 heterocycles. The first-order chi connectivity index (χ1) is 9.58. The Kier molecular flexibility index (Phi) is 5.15. The van der Waals surface area contributed by atoms with Crippen molar-refractivity contribution in [2.75, 3.05) is 26.7 Å². The van der Waals surface area contributed by atoms with Crippen LogP contribution in [-0.2, 0) is 11.2 Å². The highest BCUT2D eigenvalue weighted by Gasteiger charge is 2.27. The van der Waals surface area contributed by atoms with Crippen LogP contribution in [0.3, 0.4) is 0 Å². The van der Waals surface area contributed by atoms with Gasteiger partial charge in [-0.1, -0.05) is 30.3 Å². The quantitative estimate of drug-likeness (QED) is 0.895. The van der Waals surface area contributed by atoms with Gasteiger partial charge in [-0.3, -0.25) is 4.79 Å². The third kappa shape index (κ3) is 3.81. The second-order valence-corrected chi connectivity index (χ2v) is 5.74. The smallest absolute Gasteiger partial charge is 0.239 e. The summed E-state index contributed by atoms with van der Waals surface area (Å²) in [6, 6.07) is 10.2. The van der Waals surface area contributed by atoms with Crippen LogP contribution in [0.5, 0.6) is 0 Å². The van der Waals surface area contributed by atoms with E-state index in [0.717, 1.165) is 26.1 Å². The number of nitrogens with zero attached hydrogens (tertiary/aromatic N) is 2. The molecule has 0 spiro atoms. The first-order valence-corrected chi connectivity index (χ1v) is 7.36. The minimum atomic E-state index is -0.384. The number of rotatable bonds is 4. The van der Waals surface area contributed by atoms with Gasteiger partial charge in [-0.15, -0.1) is 0 Å². The Hall–Kier alpha value is -1.39. The summed E-state index contributed by atoms with van der Waals surface area (Å²) in [5.41, 5.74) is 7.31. The fraction of sp³-hybridized carbons (Fsp3) is 0.562. The number of benzene rings is 1. The Morgan fingerprint density at radius 3 is 2.70 bits per heavy atom. The monoisotopic (exact) mass is 275 g/mol. The number of aryl methyl sites for hydroxylation is 1. The number of hydrogen-bond donors (Lipinski definition) is 1. The van der Waals surface area contributed by atoms with Crippen LogP contribution in [0, 0.1) is 0 Å². The first-order valence-electron chi connectivity index (χ1n) is 7.36. The summed E-state index contributed by atoms with van der Waals surface area (Å²) in [5.74, 6) is 0.0980. The van der Waals surface area contributed by atoms with E-state index < -0.39 is 0 Å². The van der Waals surface area contributed by atoms with Crippen molar-refractivity contribution in [3.05, 3.63) is 35.9 Å². The lowest BCUT2D eigenvalue weighted by atomic mass is 10.0. The van der Waals surface area contributed by atoms with Crippen LogP contribution in [0.4, 0.5) is 0 Å². The van der Waals surface area contributed by atoms with E-state index in [4.69, 9.17) is 5.73 Å². The molecule has 1 fully saturated rings. The highest BCUT2D eigenvalue weighted by Crippen LogP contribution is 2.10. The average molecular weight is 275 g/mol. The molecule has 2 atom stereocenters. The van der Waals surface area contributed by atoms with Crippen LogP contribution in [0.15, 0.2) is 30.3 Å². The van der Waals surface area contributed by atoms with E-state index in [1.807, 2.05) is 23.1 Å².